The van der Waals surface area contributed by atoms with Crippen LogP contribution in [0.1, 0.15) is 29.3 Å². The lowest BCUT2D eigenvalue weighted by Gasteiger charge is -2.13. The normalized spacial score (nSPS) is 16.5. The van der Waals surface area contributed by atoms with Gasteiger partial charge in [-0.05, 0) is 42.8 Å². The topological polar surface area (TPSA) is 44.1 Å². The average molecular weight is 348 g/mol. The molecule has 1 unspecified atom stereocenters. The predicted molar refractivity (Wildman–Crippen MR) is 97.5 cm³/mol. The van der Waals surface area contributed by atoms with Crippen LogP contribution < -0.4 is 5.56 Å². The first-order valence-electron chi connectivity index (χ1n) is 8.48. The van der Waals surface area contributed by atoms with Crippen LogP contribution in [-0.4, -0.2) is 22.8 Å². The van der Waals surface area contributed by atoms with Crippen molar-refractivity contribution in [2.24, 2.45) is 7.05 Å². The second-order valence-electron chi connectivity index (χ2n) is 6.39. The second kappa shape index (κ2) is 6.74. The summed E-state index contributed by atoms with van der Waals surface area (Å²) in [6.45, 7) is 1.28. The van der Waals surface area contributed by atoms with Crippen LogP contribution in [-0.2, 0) is 11.8 Å². The molecule has 3 aromatic rings. The van der Waals surface area contributed by atoms with Crippen molar-refractivity contribution in [3.8, 4) is 11.8 Å². The van der Waals surface area contributed by atoms with E-state index in [4.69, 9.17) is 9.72 Å². The van der Waals surface area contributed by atoms with E-state index < -0.39 is 0 Å². The molecule has 1 fully saturated rings. The quantitative estimate of drug-likeness (QED) is 0.635. The summed E-state index contributed by atoms with van der Waals surface area (Å²) in [7, 11) is 1.75. The molecular weight excluding hydrogens is 331 g/mol. The molecule has 5 heteroatoms. The van der Waals surface area contributed by atoms with Crippen molar-refractivity contribution in [3.63, 3.8) is 0 Å². The van der Waals surface area contributed by atoms with Gasteiger partial charge in [-0.25, -0.2) is 9.37 Å². The highest BCUT2D eigenvalue weighted by atomic mass is 19.1. The van der Waals surface area contributed by atoms with Gasteiger partial charge in [0.05, 0.1) is 17.5 Å². The summed E-state index contributed by atoms with van der Waals surface area (Å²) in [6.07, 6.45) is 0.866. The van der Waals surface area contributed by atoms with Gasteiger partial charge in [-0.3, -0.25) is 9.36 Å². The van der Waals surface area contributed by atoms with Gasteiger partial charge in [0.15, 0.2) is 0 Å². The molecule has 0 radical (unpaired) electrons. The molecular formula is C21H17FN2O2. The van der Waals surface area contributed by atoms with E-state index in [9.17, 15) is 9.18 Å². The molecule has 0 N–H and O–H groups in total. The molecule has 1 atom stereocenters. The number of rotatable bonds is 1. The van der Waals surface area contributed by atoms with Crippen molar-refractivity contribution in [1.82, 2.24) is 9.55 Å². The molecule has 1 aliphatic rings. The summed E-state index contributed by atoms with van der Waals surface area (Å²) in [5, 5.41) is 0.562. The highest BCUT2D eigenvalue weighted by Crippen LogP contribution is 2.24. The minimum absolute atomic E-state index is 0.0680. The molecule has 26 heavy (non-hydrogen) atoms. The van der Waals surface area contributed by atoms with Crippen molar-refractivity contribution in [3.05, 3.63) is 75.6 Å². The Morgan fingerprint density at radius 2 is 2.00 bits per heavy atom. The van der Waals surface area contributed by atoms with Crippen LogP contribution in [0.5, 0.6) is 0 Å². The highest BCUT2D eigenvalue weighted by Gasteiger charge is 2.22. The summed E-state index contributed by atoms with van der Waals surface area (Å²) in [4.78, 5) is 17.3. The SMILES string of the molecule is Cn1c(C2CCOC2)nc2cc(C#Cc3cccc(F)c3)ccc2c1=O. The van der Waals surface area contributed by atoms with Gasteiger partial charge in [-0.2, -0.15) is 0 Å². The Hall–Kier alpha value is -2.97. The van der Waals surface area contributed by atoms with Gasteiger partial charge in [0, 0.05) is 30.7 Å². The second-order valence-corrected chi connectivity index (χ2v) is 6.39. The maximum absolute atomic E-state index is 13.3. The molecule has 1 aromatic heterocycles. The molecule has 0 amide bonds. The molecule has 130 valence electrons. The van der Waals surface area contributed by atoms with E-state index in [1.54, 1.807) is 35.9 Å². The number of fused-ring (bicyclic) bond motifs is 1. The molecule has 0 bridgehead atoms. The van der Waals surface area contributed by atoms with Gasteiger partial charge < -0.3 is 4.74 Å². The number of aromatic nitrogens is 2. The fourth-order valence-electron chi connectivity index (χ4n) is 3.18. The number of nitrogens with zero attached hydrogens (tertiary/aromatic N) is 2. The minimum Gasteiger partial charge on any atom is -0.381 e. The zero-order valence-electron chi connectivity index (χ0n) is 14.3. The van der Waals surface area contributed by atoms with Crippen LogP contribution in [0.2, 0.25) is 0 Å². The lowest BCUT2D eigenvalue weighted by molar-refractivity contribution is 0.192. The maximum Gasteiger partial charge on any atom is 0.261 e. The zero-order chi connectivity index (χ0) is 18.1. The van der Waals surface area contributed by atoms with E-state index in [-0.39, 0.29) is 17.3 Å². The van der Waals surface area contributed by atoms with Gasteiger partial charge in [0.25, 0.3) is 5.56 Å². The van der Waals surface area contributed by atoms with Crippen LogP contribution in [0.3, 0.4) is 0 Å². The van der Waals surface area contributed by atoms with Crippen molar-refractivity contribution in [2.45, 2.75) is 12.3 Å². The minimum atomic E-state index is -0.316. The van der Waals surface area contributed by atoms with E-state index in [1.807, 2.05) is 6.07 Å². The van der Waals surface area contributed by atoms with Crippen molar-refractivity contribution >= 4 is 10.9 Å². The van der Waals surface area contributed by atoms with Crippen LogP contribution in [0, 0.1) is 17.7 Å². The van der Waals surface area contributed by atoms with E-state index in [1.165, 1.54) is 12.1 Å². The van der Waals surface area contributed by atoms with Crippen LogP contribution in [0.4, 0.5) is 4.39 Å². The Bertz CT molecular complexity index is 1100. The Labute approximate surface area is 150 Å². The smallest absolute Gasteiger partial charge is 0.261 e. The Balaban J connectivity index is 1.77. The summed E-state index contributed by atoms with van der Waals surface area (Å²) in [6, 6.07) is 11.5. The van der Waals surface area contributed by atoms with Gasteiger partial charge in [-0.15, -0.1) is 0 Å². The third-order valence-corrected chi connectivity index (χ3v) is 4.58. The molecule has 0 spiro atoms. The van der Waals surface area contributed by atoms with Crippen LogP contribution >= 0.6 is 0 Å². The number of benzene rings is 2. The highest BCUT2D eigenvalue weighted by molar-refractivity contribution is 5.79. The fourth-order valence-corrected chi connectivity index (χ4v) is 3.18. The average Bonchev–Trinajstić information content (AvgIpc) is 3.17. The third-order valence-electron chi connectivity index (χ3n) is 4.58. The maximum atomic E-state index is 13.3. The molecule has 1 saturated heterocycles. The van der Waals surface area contributed by atoms with E-state index in [0.29, 0.717) is 29.7 Å². The summed E-state index contributed by atoms with van der Waals surface area (Å²) < 4.78 is 20.3. The predicted octanol–water partition coefficient (Wildman–Crippen LogP) is 2.98. The van der Waals surface area contributed by atoms with Crippen molar-refractivity contribution in [1.29, 1.82) is 0 Å². The van der Waals surface area contributed by atoms with Crippen LogP contribution in [0.25, 0.3) is 10.9 Å². The zero-order valence-corrected chi connectivity index (χ0v) is 14.3. The largest absolute Gasteiger partial charge is 0.381 e. The lowest BCUT2D eigenvalue weighted by atomic mass is 10.1. The summed E-state index contributed by atoms with van der Waals surface area (Å²) in [5.74, 6) is 6.52. The lowest BCUT2D eigenvalue weighted by Crippen LogP contribution is -2.24. The standard InChI is InChI=1S/C21H17FN2O2/c1-24-20(16-9-10-26-13-16)23-19-12-15(7-8-18(19)21(24)25)6-5-14-3-2-4-17(22)11-14/h2-4,7-8,11-12,16H,9-10,13H2,1H3. The summed E-state index contributed by atoms with van der Waals surface area (Å²) in [5.41, 5.74) is 1.89. The Morgan fingerprint density at radius 3 is 2.73 bits per heavy atom. The third kappa shape index (κ3) is 3.12. The number of hydrogen-bond donors (Lipinski definition) is 0. The van der Waals surface area contributed by atoms with Crippen molar-refractivity contribution < 1.29 is 9.13 Å². The van der Waals surface area contributed by atoms with Gasteiger partial charge in [0.2, 0.25) is 0 Å². The van der Waals surface area contributed by atoms with E-state index in [2.05, 4.69) is 11.8 Å². The van der Waals surface area contributed by atoms with Crippen molar-refractivity contribution in [2.75, 3.05) is 13.2 Å². The Morgan fingerprint density at radius 1 is 1.19 bits per heavy atom. The van der Waals surface area contributed by atoms with Crippen LogP contribution in [0.15, 0.2) is 47.3 Å². The monoisotopic (exact) mass is 348 g/mol. The fraction of sp³-hybridized carbons (Fsp3) is 0.238. The van der Waals surface area contributed by atoms with E-state index >= 15 is 0 Å². The van der Waals surface area contributed by atoms with Gasteiger partial charge in [-0.1, -0.05) is 17.9 Å². The number of hydrogen-bond acceptors (Lipinski definition) is 3. The Kier molecular flexibility index (Phi) is 4.27. The molecule has 0 aliphatic carbocycles. The van der Waals surface area contributed by atoms with Gasteiger partial charge in [0.1, 0.15) is 11.6 Å². The molecule has 4 rings (SSSR count). The van der Waals surface area contributed by atoms with E-state index in [0.717, 1.165) is 17.8 Å². The first-order valence-corrected chi connectivity index (χ1v) is 8.48. The van der Waals surface area contributed by atoms with Gasteiger partial charge >= 0.3 is 0 Å². The first kappa shape index (κ1) is 16.5. The first-order chi connectivity index (χ1) is 12.6. The molecule has 2 heterocycles. The number of halogens is 1. The molecule has 0 saturated carbocycles. The number of ether oxygens (including phenoxy) is 1. The molecule has 4 nitrogen and oxygen atoms in total. The molecule has 2 aromatic carbocycles. The summed E-state index contributed by atoms with van der Waals surface area (Å²) >= 11 is 0. The molecule has 1 aliphatic heterocycles.